The second-order valence-corrected chi connectivity index (χ2v) is 2.86. The van der Waals surface area contributed by atoms with Crippen molar-refractivity contribution in [1.29, 1.82) is 0 Å². The summed E-state index contributed by atoms with van der Waals surface area (Å²) in [4.78, 5) is 15.2. The molecule has 0 saturated heterocycles. The van der Waals surface area contributed by atoms with Gasteiger partial charge in [0.05, 0.1) is 13.0 Å². The second kappa shape index (κ2) is 3.01. The molecule has 66 valence electrons. The summed E-state index contributed by atoms with van der Waals surface area (Å²) < 4.78 is 4.91. The van der Waals surface area contributed by atoms with E-state index in [1.165, 1.54) is 7.11 Å². The maximum Gasteiger partial charge on any atom is 0.260 e. The molecular weight excluding hydrogens is 166 g/mol. The van der Waals surface area contributed by atoms with Gasteiger partial charge in [0, 0.05) is 6.08 Å². The zero-order valence-corrected chi connectivity index (χ0v) is 7.23. The smallest absolute Gasteiger partial charge is 0.260 e. The van der Waals surface area contributed by atoms with E-state index in [1.807, 2.05) is 24.3 Å². The van der Waals surface area contributed by atoms with Crippen molar-refractivity contribution in [2.45, 2.75) is 0 Å². The summed E-state index contributed by atoms with van der Waals surface area (Å²) in [5, 5.41) is 0. The summed E-state index contributed by atoms with van der Waals surface area (Å²) in [6.45, 7) is 0. The fourth-order valence-electron chi connectivity index (χ4n) is 1.38. The standard InChI is InChI=1S/C10H9NO2/c1-13-9-6-7-4-2-3-5-8(7)10(12)11-9/h2-6,8H,1H3. The number of aliphatic imine (C=N–C) groups is 1. The predicted octanol–water partition coefficient (Wildman–Crippen LogP) is 1.24. The third-order valence-corrected chi connectivity index (χ3v) is 2.05. The number of dihydropyridines is 1. The molecule has 3 heteroatoms. The number of carbonyl (C=O) groups is 1. The summed E-state index contributed by atoms with van der Waals surface area (Å²) in [7, 11) is 1.51. The number of hydrogen-bond acceptors (Lipinski definition) is 2. The Labute approximate surface area is 76.1 Å². The first-order valence-electron chi connectivity index (χ1n) is 4.04. The van der Waals surface area contributed by atoms with Crippen LogP contribution in [0, 0.1) is 5.92 Å². The van der Waals surface area contributed by atoms with Crippen LogP contribution in [0.3, 0.4) is 0 Å². The molecule has 0 fully saturated rings. The van der Waals surface area contributed by atoms with Gasteiger partial charge in [0.15, 0.2) is 0 Å². The molecule has 2 rings (SSSR count). The van der Waals surface area contributed by atoms with E-state index in [0.29, 0.717) is 5.90 Å². The number of hydrogen-bond donors (Lipinski definition) is 0. The number of methoxy groups -OCH3 is 1. The van der Waals surface area contributed by atoms with E-state index in [4.69, 9.17) is 4.74 Å². The quantitative estimate of drug-likeness (QED) is 0.555. The van der Waals surface area contributed by atoms with E-state index in [2.05, 4.69) is 4.99 Å². The second-order valence-electron chi connectivity index (χ2n) is 2.86. The molecule has 1 unspecified atom stereocenters. The van der Waals surface area contributed by atoms with Crippen molar-refractivity contribution in [2.24, 2.45) is 10.9 Å². The van der Waals surface area contributed by atoms with Crippen molar-refractivity contribution >= 4 is 11.8 Å². The Bertz CT molecular complexity index is 361. The molecule has 0 aromatic carbocycles. The Morgan fingerprint density at radius 2 is 2.31 bits per heavy atom. The van der Waals surface area contributed by atoms with Crippen LogP contribution in [0.1, 0.15) is 0 Å². The van der Waals surface area contributed by atoms with Crippen LogP contribution in [0.25, 0.3) is 0 Å². The maximum absolute atomic E-state index is 11.4. The molecular formula is C10H9NO2. The van der Waals surface area contributed by atoms with E-state index in [1.54, 1.807) is 6.08 Å². The topological polar surface area (TPSA) is 38.7 Å². The minimum atomic E-state index is -0.205. The molecule has 0 aromatic rings. The molecule has 0 saturated carbocycles. The third-order valence-electron chi connectivity index (χ3n) is 2.05. The molecule has 0 spiro atoms. The zero-order chi connectivity index (χ0) is 9.26. The van der Waals surface area contributed by atoms with Crippen LogP contribution >= 0.6 is 0 Å². The highest BCUT2D eigenvalue weighted by molar-refractivity contribution is 6.04. The minimum absolute atomic E-state index is 0.157. The maximum atomic E-state index is 11.4. The number of amides is 1. The van der Waals surface area contributed by atoms with Gasteiger partial charge < -0.3 is 4.74 Å². The molecule has 0 N–H and O–H groups in total. The number of rotatable bonds is 0. The molecule has 13 heavy (non-hydrogen) atoms. The fraction of sp³-hybridized carbons (Fsp3) is 0.200. The molecule has 0 aromatic heterocycles. The molecule has 1 amide bonds. The van der Waals surface area contributed by atoms with Gasteiger partial charge in [0.25, 0.3) is 5.91 Å². The summed E-state index contributed by atoms with van der Waals surface area (Å²) in [5.41, 5.74) is 0.944. The lowest BCUT2D eigenvalue weighted by atomic mass is 9.92. The number of fused-ring (bicyclic) bond motifs is 1. The molecule has 1 aliphatic carbocycles. The minimum Gasteiger partial charge on any atom is -0.481 e. The van der Waals surface area contributed by atoms with Crippen LogP contribution in [-0.4, -0.2) is 18.9 Å². The summed E-state index contributed by atoms with van der Waals surface area (Å²) in [5.74, 6) is 0.0232. The highest BCUT2D eigenvalue weighted by Crippen LogP contribution is 2.23. The van der Waals surface area contributed by atoms with Gasteiger partial charge in [-0.25, -0.2) is 0 Å². The molecule has 0 bridgehead atoms. The number of ether oxygens (including phenoxy) is 1. The van der Waals surface area contributed by atoms with Crippen LogP contribution in [0.4, 0.5) is 0 Å². The van der Waals surface area contributed by atoms with Gasteiger partial charge in [-0.2, -0.15) is 4.99 Å². The van der Waals surface area contributed by atoms with Crippen molar-refractivity contribution in [1.82, 2.24) is 0 Å². The van der Waals surface area contributed by atoms with Crippen molar-refractivity contribution < 1.29 is 9.53 Å². The van der Waals surface area contributed by atoms with Gasteiger partial charge in [-0.1, -0.05) is 24.3 Å². The first-order chi connectivity index (χ1) is 6.31. The van der Waals surface area contributed by atoms with Crippen molar-refractivity contribution in [3.05, 3.63) is 36.0 Å². The van der Waals surface area contributed by atoms with Crippen molar-refractivity contribution in [3.63, 3.8) is 0 Å². The molecule has 2 aliphatic rings. The van der Waals surface area contributed by atoms with E-state index >= 15 is 0 Å². The van der Waals surface area contributed by atoms with Crippen molar-refractivity contribution in [2.75, 3.05) is 7.11 Å². The number of nitrogens with zero attached hydrogens (tertiary/aromatic N) is 1. The van der Waals surface area contributed by atoms with Crippen LogP contribution in [0.15, 0.2) is 40.9 Å². The van der Waals surface area contributed by atoms with Gasteiger partial charge in [-0.05, 0) is 5.57 Å². The highest BCUT2D eigenvalue weighted by atomic mass is 16.5. The zero-order valence-electron chi connectivity index (χ0n) is 7.23. The first-order valence-corrected chi connectivity index (χ1v) is 4.04. The number of carbonyl (C=O) groups excluding carboxylic acids is 1. The normalized spacial score (nSPS) is 25.0. The van der Waals surface area contributed by atoms with Crippen LogP contribution in [0.5, 0.6) is 0 Å². The Kier molecular flexibility index (Phi) is 1.85. The van der Waals surface area contributed by atoms with E-state index in [-0.39, 0.29) is 11.8 Å². The Morgan fingerprint density at radius 3 is 3.08 bits per heavy atom. The Morgan fingerprint density at radius 1 is 1.46 bits per heavy atom. The molecule has 3 nitrogen and oxygen atoms in total. The molecule has 0 radical (unpaired) electrons. The summed E-state index contributed by atoms with van der Waals surface area (Å²) >= 11 is 0. The van der Waals surface area contributed by atoms with Gasteiger partial charge >= 0.3 is 0 Å². The lowest BCUT2D eigenvalue weighted by molar-refractivity contribution is -0.119. The SMILES string of the molecule is COC1=NC(=O)C2C=CC=CC2=C1. The van der Waals surface area contributed by atoms with Gasteiger partial charge in [-0.3, -0.25) is 4.79 Å². The lowest BCUT2D eigenvalue weighted by Crippen LogP contribution is -2.20. The van der Waals surface area contributed by atoms with Crippen LogP contribution in [-0.2, 0) is 9.53 Å². The Balaban J connectivity index is 2.39. The lowest BCUT2D eigenvalue weighted by Gasteiger charge is -2.17. The van der Waals surface area contributed by atoms with Gasteiger partial charge in [0.2, 0.25) is 5.90 Å². The monoisotopic (exact) mass is 175 g/mol. The van der Waals surface area contributed by atoms with Crippen LogP contribution < -0.4 is 0 Å². The average molecular weight is 175 g/mol. The number of allylic oxidation sites excluding steroid dienone is 3. The summed E-state index contributed by atoms with van der Waals surface area (Å²) in [6.07, 6.45) is 9.27. The van der Waals surface area contributed by atoms with Gasteiger partial charge in [-0.15, -0.1) is 0 Å². The summed E-state index contributed by atoms with van der Waals surface area (Å²) in [6, 6.07) is 0. The van der Waals surface area contributed by atoms with Gasteiger partial charge in [0.1, 0.15) is 0 Å². The molecule has 1 atom stereocenters. The highest BCUT2D eigenvalue weighted by Gasteiger charge is 2.24. The fourth-order valence-corrected chi connectivity index (χ4v) is 1.38. The van der Waals surface area contributed by atoms with E-state index < -0.39 is 0 Å². The Hall–Kier alpha value is -1.64. The average Bonchev–Trinajstić information content (AvgIpc) is 2.18. The molecule has 1 aliphatic heterocycles. The molecule has 1 heterocycles. The first kappa shape index (κ1) is 7.98. The van der Waals surface area contributed by atoms with E-state index in [0.717, 1.165) is 5.57 Å². The van der Waals surface area contributed by atoms with Crippen LogP contribution in [0.2, 0.25) is 0 Å². The van der Waals surface area contributed by atoms with Crippen molar-refractivity contribution in [3.8, 4) is 0 Å². The predicted molar refractivity (Wildman–Crippen MR) is 49.3 cm³/mol. The van der Waals surface area contributed by atoms with E-state index in [9.17, 15) is 4.79 Å². The largest absolute Gasteiger partial charge is 0.481 e. The third kappa shape index (κ3) is 1.33.